The first kappa shape index (κ1) is 24.8. The van der Waals surface area contributed by atoms with Crippen LogP contribution in [-0.2, 0) is 22.6 Å². The summed E-state index contributed by atoms with van der Waals surface area (Å²) >= 11 is 6.46. The first-order valence-electron chi connectivity index (χ1n) is 13.5. The lowest BCUT2D eigenvalue weighted by Gasteiger charge is -2.41. The number of amides is 1. The molecule has 188 valence electrons. The van der Waals surface area contributed by atoms with Crippen LogP contribution >= 0.6 is 11.6 Å². The van der Waals surface area contributed by atoms with Crippen molar-refractivity contribution in [3.8, 4) is 11.1 Å². The molecule has 1 saturated carbocycles. The Bertz CT molecular complexity index is 1010. The number of hydrogen-bond donors (Lipinski definition) is 0. The molecule has 1 amide bonds. The summed E-state index contributed by atoms with van der Waals surface area (Å²) in [6, 6.07) is 16.2. The number of carbonyl (C=O) groups is 1. The number of benzene rings is 2. The molecule has 5 rings (SSSR count). The van der Waals surface area contributed by atoms with E-state index in [1.54, 1.807) is 0 Å². The van der Waals surface area contributed by atoms with Crippen molar-refractivity contribution in [3.63, 3.8) is 0 Å². The average Bonchev–Trinajstić information content (AvgIpc) is 2.88. The lowest BCUT2D eigenvalue weighted by Crippen LogP contribution is -2.54. The number of carbonyl (C=O) groups excluding carboxylic acids is 1. The van der Waals surface area contributed by atoms with Crippen molar-refractivity contribution in [2.24, 2.45) is 0 Å². The third-order valence-electron chi connectivity index (χ3n) is 8.32. The second kappa shape index (κ2) is 10.6. The van der Waals surface area contributed by atoms with Crippen LogP contribution in [0.25, 0.3) is 11.1 Å². The lowest BCUT2D eigenvalue weighted by molar-refractivity contribution is -0.134. The Morgan fingerprint density at radius 3 is 2.26 bits per heavy atom. The van der Waals surface area contributed by atoms with Gasteiger partial charge in [0.05, 0.1) is 11.4 Å². The molecule has 2 heterocycles. The van der Waals surface area contributed by atoms with Crippen LogP contribution in [0.2, 0.25) is 0 Å². The van der Waals surface area contributed by atoms with Crippen LogP contribution in [-0.4, -0.2) is 65.9 Å². The molecule has 1 saturated heterocycles. The predicted octanol–water partition coefficient (Wildman–Crippen LogP) is 5.66. The molecule has 0 N–H and O–H groups in total. The van der Waals surface area contributed by atoms with Crippen LogP contribution in [0.5, 0.6) is 0 Å². The van der Waals surface area contributed by atoms with Crippen LogP contribution in [0.15, 0.2) is 42.5 Å². The van der Waals surface area contributed by atoms with Gasteiger partial charge in [-0.05, 0) is 60.9 Å². The molecule has 35 heavy (non-hydrogen) atoms. The van der Waals surface area contributed by atoms with Gasteiger partial charge in [0.25, 0.3) is 0 Å². The topological polar surface area (TPSA) is 26.8 Å². The highest BCUT2D eigenvalue weighted by Crippen LogP contribution is 2.31. The Labute approximate surface area is 216 Å². The quantitative estimate of drug-likeness (QED) is 0.502. The van der Waals surface area contributed by atoms with Crippen molar-refractivity contribution in [2.45, 2.75) is 69.8 Å². The van der Waals surface area contributed by atoms with Gasteiger partial charge in [-0.1, -0.05) is 61.7 Å². The normalized spacial score (nSPS) is 20.6. The van der Waals surface area contributed by atoms with Gasteiger partial charge in [-0.3, -0.25) is 14.6 Å². The zero-order valence-corrected chi connectivity index (χ0v) is 22.2. The third kappa shape index (κ3) is 5.93. The Morgan fingerprint density at radius 2 is 1.57 bits per heavy atom. The number of rotatable bonds is 5. The maximum Gasteiger partial charge on any atom is 0.236 e. The SMILES string of the molecule is CC(C)(Cl)c1ccc(-c2ccc3c(c2)CCN(CC(=O)N2CCN(C4CCCCC4)CC2)C3)cc1. The molecule has 0 radical (unpaired) electrons. The summed E-state index contributed by atoms with van der Waals surface area (Å²) in [4.78, 5) is 19.8. The Morgan fingerprint density at radius 1 is 0.886 bits per heavy atom. The first-order chi connectivity index (χ1) is 16.9. The summed E-state index contributed by atoms with van der Waals surface area (Å²) in [7, 11) is 0. The molecular formula is C30H40ClN3O. The summed E-state index contributed by atoms with van der Waals surface area (Å²) in [6.45, 7) is 10.3. The van der Waals surface area contributed by atoms with Crippen LogP contribution < -0.4 is 0 Å². The number of fused-ring (bicyclic) bond motifs is 1. The average molecular weight is 494 g/mol. The van der Waals surface area contributed by atoms with Crippen molar-refractivity contribution < 1.29 is 4.79 Å². The maximum atomic E-state index is 13.1. The first-order valence-corrected chi connectivity index (χ1v) is 13.9. The molecule has 0 unspecified atom stereocenters. The molecular weight excluding hydrogens is 454 g/mol. The predicted molar refractivity (Wildman–Crippen MR) is 145 cm³/mol. The van der Waals surface area contributed by atoms with Crippen LogP contribution in [0.4, 0.5) is 0 Å². The molecule has 4 nitrogen and oxygen atoms in total. The van der Waals surface area contributed by atoms with Crippen molar-refractivity contribution in [3.05, 3.63) is 59.2 Å². The molecule has 0 atom stereocenters. The zero-order valence-electron chi connectivity index (χ0n) is 21.4. The molecule has 2 aromatic carbocycles. The maximum absolute atomic E-state index is 13.1. The summed E-state index contributed by atoms with van der Waals surface area (Å²) in [5, 5.41) is 0. The molecule has 2 fully saturated rings. The number of piperazine rings is 1. The van der Waals surface area contributed by atoms with E-state index in [-0.39, 0.29) is 4.87 Å². The third-order valence-corrected chi connectivity index (χ3v) is 8.54. The second-order valence-corrected chi connectivity index (χ2v) is 12.1. The standard InChI is InChI=1S/C30H40ClN3O/c1-30(2,31)27-12-10-23(11-13-27)24-8-9-26-21-32(15-14-25(26)20-24)22-29(35)34-18-16-33(17-19-34)28-6-4-3-5-7-28/h8-13,20,28H,3-7,14-19,21-22H2,1-2H3. The van der Waals surface area contributed by atoms with Gasteiger partial charge < -0.3 is 4.90 Å². The summed E-state index contributed by atoms with van der Waals surface area (Å²) in [5.74, 6) is 0.302. The second-order valence-electron chi connectivity index (χ2n) is 11.2. The van der Waals surface area contributed by atoms with E-state index in [0.717, 1.165) is 57.3 Å². The van der Waals surface area contributed by atoms with Crippen molar-refractivity contribution in [1.82, 2.24) is 14.7 Å². The fourth-order valence-electron chi connectivity index (χ4n) is 6.06. The van der Waals surface area contributed by atoms with Gasteiger partial charge in [0, 0.05) is 45.3 Å². The monoisotopic (exact) mass is 493 g/mol. The number of hydrogen-bond acceptors (Lipinski definition) is 3. The fourth-order valence-corrected chi connectivity index (χ4v) is 6.18. The van der Waals surface area contributed by atoms with Crippen LogP contribution in [0, 0.1) is 0 Å². The van der Waals surface area contributed by atoms with Gasteiger partial charge in [0.2, 0.25) is 5.91 Å². The smallest absolute Gasteiger partial charge is 0.236 e. The molecule has 5 heteroatoms. The number of halogens is 1. The highest BCUT2D eigenvalue weighted by Gasteiger charge is 2.28. The fraction of sp³-hybridized carbons (Fsp3) is 0.567. The van der Waals surface area contributed by atoms with Gasteiger partial charge in [-0.25, -0.2) is 0 Å². The van der Waals surface area contributed by atoms with Crippen LogP contribution in [0.1, 0.15) is 62.6 Å². The van der Waals surface area contributed by atoms with E-state index in [9.17, 15) is 4.79 Å². The Balaban J connectivity index is 1.15. The van der Waals surface area contributed by atoms with E-state index in [2.05, 4.69) is 57.2 Å². The molecule has 0 aromatic heterocycles. The zero-order chi connectivity index (χ0) is 24.4. The van der Waals surface area contributed by atoms with Crippen molar-refractivity contribution in [1.29, 1.82) is 0 Å². The minimum Gasteiger partial charge on any atom is -0.339 e. The number of nitrogens with zero attached hydrogens (tertiary/aromatic N) is 3. The Kier molecular flexibility index (Phi) is 7.52. The Hall–Kier alpha value is -1.88. The highest BCUT2D eigenvalue weighted by molar-refractivity contribution is 6.23. The molecule has 1 aliphatic carbocycles. The summed E-state index contributed by atoms with van der Waals surface area (Å²) in [6.07, 6.45) is 7.84. The van der Waals surface area contributed by atoms with E-state index < -0.39 is 0 Å². The van der Waals surface area contributed by atoms with Gasteiger partial charge in [-0.2, -0.15) is 0 Å². The van der Waals surface area contributed by atoms with Gasteiger partial charge in [-0.15, -0.1) is 11.6 Å². The van der Waals surface area contributed by atoms with E-state index in [4.69, 9.17) is 11.6 Å². The minimum absolute atomic E-state index is 0.302. The van der Waals surface area contributed by atoms with E-state index >= 15 is 0 Å². The molecule has 2 aliphatic heterocycles. The summed E-state index contributed by atoms with van der Waals surface area (Å²) in [5.41, 5.74) is 6.38. The lowest BCUT2D eigenvalue weighted by atomic mass is 9.93. The van der Waals surface area contributed by atoms with Gasteiger partial charge >= 0.3 is 0 Å². The van der Waals surface area contributed by atoms with E-state index in [1.165, 1.54) is 54.4 Å². The van der Waals surface area contributed by atoms with E-state index in [1.807, 2.05) is 13.8 Å². The van der Waals surface area contributed by atoms with Crippen molar-refractivity contribution >= 4 is 17.5 Å². The molecule has 3 aliphatic rings. The van der Waals surface area contributed by atoms with Crippen molar-refractivity contribution in [2.75, 3.05) is 39.3 Å². The van der Waals surface area contributed by atoms with Gasteiger partial charge in [0.1, 0.15) is 0 Å². The van der Waals surface area contributed by atoms with Crippen LogP contribution in [0.3, 0.4) is 0 Å². The molecule has 0 spiro atoms. The number of alkyl halides is 1. The largest absolute Gasteiger partial charge is 0.339 e. The van der Waals surface area contributed by atoms with Gasteiger partial charge in [0.15, 0.2) is 0 Å². The summed E-state index contributed by atoms with van der Waals surface area (Å²) < 4.78 is 0. The minimum atomic E-state index is -0.349. The van der Waals surface area contributed by atoms with E-state index in [0.29, 0.717) is 12.5 Å². The highest BCUT2D eigenvalue weighted by atomic mass is 35.5. The molecule has 2 aromatic rings. The molecule has 0 bridgehead atoms.